The van der Waals surface area contributed by atoms with Gasteiger partial charge in [-0.05, 0) is 12.8 Å². The highest BCUT2D eigenvalue weighted by Gasteiger charge is 2.22. The van der Waals surface area contributed by atoms with Crippen LogP contribution >= 0.6 is 0 Å². The van der Waals surface area contributed by atoms with Gasteiger partial charge in [-0.3, -0.25) is 9.80 Å². The highest BCUT2D eigenvalue weighted by molar-refractivity contribution is 4.78. The van der Waals surface area contributed by atoms with E-state index in [9.17, 15) is 0 Å². The van der Waals surface area contributed by atoms with E-state index < -0.39 is 0 Å². The lowest BCUT2D eigenvalue weighted by molar-refractivity contribution is 0.0384. The second-order valence-electron chi connectivity index (χ2n) is 5.38. The quantitative estimate of drug-likeness (QED) is 0.667. The molecule has 0 spiro atoms. The SMILES string of the molecule is CC(C)COCCN1CCN(CCO)[C@H](C)C1. The smallest absolute Gasteiger partial charge is 0.0593 e. The average Bonchev–Trinajstić information content (AvgIpc) is 2.28. The maximum Gasteiger partial charge on any atom is 0.0593 e. The highest BCUT2D eigenvalue weighted by atomic mass is 16.5. The molecular weight excluding hydrogens is 216 g/mol. The molecule has 1 saturated heterocycles. The summed E-state index contributed by atoms with van der Waals surface area (Å²) in [6, 6.07) is 0.543. The fourth-order valence-electron chi connectivity index (χ4n) is 2.25. The van der Waals surface area contributed by atoms with Crippen LogP contribution in [0.1, 0.15) is 20.8 Å². The molecule has 1 rings (SSSR count). The van der Waals surface area contributed by atoms with Crippen molar-refractivity contribution in [2.45, 2.75) is 26.8 Å². The molecule has 1 N–H and O–H groups in total. The normalized spacial score (nSPS) is 23.5. The van der Waals surface area contributed by atoms with Crippen LogP contribution in [0.15, 0.2) is 0 Å². The first kappa shape index (κ1) is 14.9. The number of hydrogen-bond acceptors (Lipinski definition) is 4. The number of ether oxygens (including phenoxy) is 1. The Morgan fingerprint density at radius 1 is 1.29 bits per heavy atom. The molecule has 0 aromatic rings. The van der Waals surface area contributed by atoms with Gasteiger partial charge in [0.1, 0.15) is 0 Å². The van der Waals surface area contributed by atoms with Gasteiger partial charge in [0.15, 0.2) is 0 Å². The van der Waals surface area contributed by atoms with Crippen molar-refractivity contribution in [2.24, 2.45) is 5.92 Å². The predicted octanol–water partition coefficient (Wildman–Crippen LogP) is 0.657. The lowest BCUT2D eigenvalue weighted by Crippen LogP contribution is -2.53. The Balaban J connectivity index is 2.12. The number of β-amino-alcohol motifs (C(OH)–C–C–N with tert-alkyl or cyclic N) is 1. The molecule has 1 atom stereocenters. The first-order valence-corrected chi connectivity index (χ1v) is 6.78. The van der Waals surface area contributed by atoms with Crippen molar-refractivity contribution < 1.29 is 9.84 Å². The van der Waals surface area contributed by atoms with E-state index >= 15 is 0 Å². The summed E-state index contributed by atoms with van der Waals surface area (Å²) in [6.07, 6.45) is 0. The van der Waals surface area contributed by atoms with Crippen molar-refractivity contribution in [3.05, 3.63) is 0 Å². The summed E-state index contributed by atoms with van der Waals surface area (Å²) >= 11 is 0. The van der Waals surface area contributed by atoms with Gasteiger partial charge in [0.25, 0.3) is 0 Å². The van der Waals surface area contributed by atoms with E-state index in [-0.39, 0.29) is 6.61 Å². The van der Waals surface area contributed by atoms with Crippen molar-refractivity contribution in [3.8, 4) is 0 Å². The van der Waals surface area contributed by atoms with E-state index in [1.54, 1.807) is 0 Å². The highest BCUT2D eigenvalue weighted by Crippen LogP contribution is 2.08. The zero-order chi connectivity index (χ0) is 12.7. The zero-order valence-electron chi connectivity index (χ0n) is 11.6. The van der Waals surface area contributed by atoms with Crippen LogP contribution in [0, 0.1) is 5.92 Å². The molecular formula is C13H28N2O2. The molecule has 0 radical (unpaired) electrons. The monoisotopic (exact) mass is 244 g/mol. The molecule has 102 valence electrons. The largest absolute Gasteiger partial charge is 0.395 e. The molecule has 0 unspecified atom stereocenters. The molecule has 17 heavy (non-hydrogen) atoms. The van der Waals surface area contributed by atoms with Crippen LogP contribution in [0.2, 0.25) is 0 Å². The number of hydrogen-bond donors (Lipinski definition) is 1. The summed E-state index contributed by atoms with van der Waals surface area (Å²) in [5.41, 5.74) is 0. The Kier molecular flexibility index (Phi) is 7.04. The summed E-state index contributed by atoms with van der Waals surface area (Å²) in [5.74, 6) is 0.621. The fraction of sp³-hybridized carbons (Fsp3) is 1.00. The third kappa shape index (κ3) is 5.82. The third-order valence-electron chi connectivity index (χ3n) is 3.24. The van der Waals surface area contributed by atoms with Crippen LogP contribution in [-0.2, 0) is 4.74 Å². The molecule has 0 aromatic carbocycles. The maximum absolute atomic E-state index is 8.95. The standard InChI is InChI=1S/C13H28N2O2/c1-12(2)11-17-9-7-14-4-5-15(6-8-16)13(3)10-14/h12-13,16H,4-11H2,1-3H3/t13-/m1/s1. The van der Waals surface area contributed by atoms with Gasteiger partial charge in [-0.1, -0.05) is 13.8 Å². The lowest BCUT2D eigenvalue weighted by Gasteiger charge is -2.39. The van der Waals surface area contributed by atoms with Crippen molar-refractivity contribution in [1.82, 2.24) is 9.80 Å². The van der Waals surface area contributed by atoms with Crippen molar-refractivity contribution >= 4 is 0 Å². The molecule has 1 aliphatic rings. The number of rotatable bonds is 7. The summed E-state index contributed by atoms with van der Waals surface area (Å²) in [7, 11) is 0. The topological polar surface area (TPSA) is 35.9 Å². The molecule has 0 aromatic heterocycles. The Hall–Kier alpha value is -0.160. The second-order valence-corrected chi connectivity index (χ2v) is 5.38. The van der Waals surface area contributed by atoms with Gasteiger partial charge in [0.05, 0.1) is 13.2 Å². The van der Waals surface area contributed by atoms with Crippen LogP contribution < -0.4 is 0 Å². The van der Waals surface area contributed by atoms with Gasteiger partial charge in [-0.25, -0.2) is 0 Å². The maximum atomic E-state index is 8.95. The predicted molar refractivity (Wildman–Crippen MR) is 70.2 cm³/mol. The molecule has 1 aliphatic heterocycles. The molecule has 4 heteroatoms. The molecule has 0 aliphatic carbocycles. The van der Waals surface area contributed by atoms with Crippen molar-refractivity contribution in [1.29, 1.82) is 0 Å². The third-order valence-corrected chi connectivity index (χ3v) is 3.24. The van der Waals surface area contributed by atoms with Gasteiger partial charge in [0, 0.05) is 45.4 Å². The van der Waals surface area contributed by atoms with E-state index in [1.165, 1.54) is 0 Å². The molecule has 1 heterocycles. The van der Waals surface area contributed by atoms with Gasteiger partial charge in [-0.15, -0.1) is 0 Å². The van der Waals surface area contributed by atoms with E-state index in [2.05, 4.69) is 30.6 Å². The summed E-state index contributed by atoms with van der Waals surface area (Å²) in [5, 5.41) is 8.95. The first-order valence-electron chi connectivity index (χ1n) is 6.78. The van der Waals surface area contributed by atoms with Crippen LogP contribution in [0.3, 0.4) is 0 Å². The Labute approximate surface area is 106 Å². The summed E-state index contributed by atoms with van der Waals surface area (Å²) in [4.78, 5) is 4.81. The van der Waals surface area contributed by atoms with Crippen molar-refractivity contribution in [3.63, 3.8) is 0 Å². The van der Waals surface area contributed by atoms with E-state index in [1.807, 2.05) is 0 Å². The van der Waals surface area contributed by atoms with Gasteiger partial charge in [0.2, 0.25) is 0 Å². The van der Waals surface area contributed by atoms with Crippen LogP contribution in [-0.4, -0.2) is 73.5 Å². The average molecular weight is 244 g/mol. The van der Waals surface area contributed by atoms with Gasteiger partial charge < -0.3 is 9.84 Å². The summed E-state index contributed by atoms with van der Waals surface area (Å²) in [6.45, 7) is 13.6. The summed E-state index contributed by atoms with van der Waals surface area (Å²) < 4.78 is 5.61. The molecule has 0 saturated carbocycles. The minimum atomic E-state index is 0.266. The fourth-order valence-corrected chi connectivity index (χ4v) is 2.25. The number of nitrogens with zero attached hydrogens (tertiary/aromatic N) is 2. The number of piperazine rings is 1. The number of aliphatic hydroxyl groups is 1. The number of aliphatic hydroxyl groups excluding tert-OH is 1. The first-order chi connectivity index (χ1) is 8.13. The molecule has 0 bridgehead atoms. The van der Waals surface area contributed by atoms with Crippen molar-refractivity contribution in [2.75, 3.05) is 52.5 Å². The second kappa shape index (κ2) is 8.03. The molecule has 1 fully saturated rings. The van der Waals surface area contributed by atoms with Crippen LogP contribution in [0.4, 0.5) is 0 Å². The Morgan fingerprint density at radius 2 is 2.06 bits per heavy atom. The molecule has 4 nitrogen and oxygen atoms in total. The van der Waals surface area contributed by atoms with Gasteiger partial charge in [-0.2, -0.15) is 0 Å². The Bertz CT molecular complexity index is 200. The van der Waals surface area contributed by atoms with E-state index in [4.69, 9.17) is 9.84 Å². The molecule has 0 amide bonds. The minimum Gasteiger partial charge on any atom is -0.395 e. The van der Waals surface area contributed by atoms with Gasteiger partial charge >= 0.3 is 0 Å². The lowest BCUT2D eigenvalue weighted by atomic mass is 10.2. The minimum absolute atomic E-state index is 0.266. The van der Waals surface area contributed by atoms with E-state index in [0.29, 0.717) is 12.0 Å². The van der Waals surface area contributed by atoms with Crippen LogP contribution in [0.25, 0.3) is 0 Å². The zero-order valence-corrected chi connectivity index (χ0v) is 11.6. The Morgan fingerprint density at radius 3 is 2.65 bits per heavy atom. The van der Waals surface area contributed by atoms with Crippen LogP contribution in [0.5, 0.6) is 0 Å². The van der Waals surface area contributed by atoms with E-state index in [0.717, 1.165) is 45.9 Å².